The molecule has 1 amide bonds. The van der Waals surface area contributed by atoms with Gasteiger partial charge in [0.05, 0.1) is 15.9 Å². The highest BCUT2D eigenvalue weighted by Gasteiger charge is 2.15. The molecule has 7 nitrogen and oxygen atoms in total. The fraction of sp³-hybridized carbons (Fsp3) is 0.0667. The van der Waals surface area contributed by atoms with Crippen LogP contribution in [0.4, 0.5) is 0 Å². The number of carbonyl (C=O) groups excluding carboxylic acids is 1. The van der Waals surface area contributed by atoms with E-state index in [0.29, 0.717) is 0 Å². The minimum atomic E-state index is -3.60. The summed E-state index contributed by atoms with van der Waals surface area (Å²) < 4.78 is 27.3. The third-order valence-electron chi connectivity index (χ3n) is 3.35. The van der Waals surface area contributed by atoms with E-state index in [4.69, 9.17) is 0 Å². The van der Waals surface area contributed by atoms with E-state index < -0.39 is 15.9 Å². The van der Waals surface area contributed by atoms with E-state index in [1.165, 1.54) is 36.3 Å². The van der Waals surface area contributed by atoms with Crippen molar-refractivity contribution in [3.63, 3.8) is 0 Å². The van der Waals surface area contributed by atoms with E-state index in [-0.39, 0.29) is 10.5 Å². The van der Waals surface area contributed by atoms with Crippen LogP contribution in [0.3, 0.4) is 0 Å². The van der Waals surface area contributed by atoms with Crippen molar-refractivity contribution in [1.82, 2.24) is 14.4 Å². The molecule has 0 aliphatic rings. The number of nitrogens with one attached hydrogen (secondary N) is 2. The van der Waals surface area contributed by atoms with Crippen molar-refractivity contribution in [2.24, 2.45) is 0 Å². The zero-order chi connectivity index (χ0) is 16.4. The Balaban J connectivity index is 1.91. The summed E-state index contributed by atoms with van der Waals surface area (Å²) in [6.07, 6.45) is 1.50. The molecule has 0 spiro atoms. The number of aromatic nitrogens is 2. The van der Waals surface area contributed by atoms with Gasteiger partial charge in [-0.25, -0.2) is 22.8 Å². The van der Waals surface area contributed by atoms with Gasteiger partial charge in [-0.15, -0.1) is 0 Å². The molecule has 3 aromatic rings. The van der Waals surface area contributed by atoms with E-state index in [1.807, 2.05) is 24.3 Å². The van der Waals surface area contributed by atoms with Gasteiger partial charge in [0.15, 0.2) is 0 Å². The first kappa shape index (κ1) is 15.2. The van der Waals surface area contributed by atoms with Crippen LogP contribution >= 0.6 is 0 Å². The first-order valence-electron chi connectivity index (χ1n) is 6.78. The molecule has 0 unspecified atom stereocenters. The van der Waals surface area contributed by atoms with Crippen molar-refractivity contribution in [2.45, 2.75) is 4.90 Å². The normalized spacial score (nSPS) is 11.5. The number of sulfonamides is 1. The summed E-state index contributed by atoms with van der Waals surface area (Å²) in [5.41, 5.74) is 4.41. The number of hydrogen-bond donors (Lipinski definition) is 2. The van der Waals surface area contributed by atoms with E-state index in [9.17, 15) is 13.2 Å². The zero-order valence-electron chi connectivity index (χ0n) is 12.2. The molecule has 118 valence electrons. The first-order valence-corrected chi connectivity index (χ1v) is 8.26. The molecular weight excluding hydrogens is 316 g/mol. The maximum atomic E-state index is 12.3. The van der Waals surface area contributed by atoms with Crippen LogP contribution in [0.5, 0.6) is 0 Å². The molecule has 1 aromatic heterocycles. The van der Waals surface area contributed by atoms with Crippen LogP contribution in [0.15, 0.2) is 59.8 Å². The third kappa shape index (κ3) is 2.94. The Morgan fingerprint density at radius 3 is 2.70 bits per heavy atom. The summed E-state index contributed by atoms with van der Waals surface area (Å²) in [5.74, 6) is -0.429. The van der Waals surface area contributed by atoms with Crippen molar-refractivity contribution >= 4 is 27.0 Å². The summed E-state index contributed by atoms with van der Waals surface area (Å²) in [6, 6.07) is 13.2. The molecule has 0 aliphatic carbocycles. The second kappa shape index (κ2) is 5.82. The minimum absolute atomic E-state index is 0.0307. The first-order chi connectivity index (χ1) is 11.0. The lowest BCUT2D eigenvalue weighted by molar-refractivity contribution is 0.101. The molecule has 8 heteroatoms. The fourth-order valence-corrected chi connectivity index (χ4v) is 2.92. The molecule has 2 N–H and O–H groups in total. The molecule has 2 aromatic carbocycles. The number of rotatable bonds is 4. The number of hydrogen-bond acceptors (Lipinski definition) is 4. The Hall–Kier alpha value is -2.71. The molecule has 0 atom stereocenters. The molecule has 0 bridgehead atoms. The molecule has 0 radical (unpaired) electrons. The van der Waals surface area contributed by atoms with Gasteiger partial charge >= 0.3 is 0 Å². The molecule has 0 fully saturated rings. The van der Waals surface area contributed by atoms with Gasteiger partial charge in [0.2, 0.25) is 10.0 Å². The average molecular weight is 330 g/mol. The molecule has 23 heavy (non-hydrogen) atoms. The summed E-state index contributed by atoms with van der Waals surface area (Å²) in [7, 11) is -2.28. The number of amides is 1. The second-order valence-corrected chi connectivity index (χ2v) is 6.67. The Morgan fingerprint density at radius 2 is 1.91 bits per heavy atom. The minimum Gasteiger partial charge on any atom is -0.267 e. The van der Waals surface area contributed by atoms with Crippen LogP contribution in [-0.2, 0) is 10.0 Å². The Labute approximate surface area is 133 Å². The van der Waals surface area contributed by atoms with Gasteiger partial charge in [0.25, 0.3) is 5.91 Å². The van der Waals surface area contributed by atoms with E-state index in [1.54, 1.807) is 6.07 Å². The molecule has 0 saturated heterocycles. The van der Waals surface area contributed by atoms with Crippen LogP contribution in [0, 0.1) is 0 Å². The average Bonchev–Trinajstić information content (AvgIpc) is 2.98. The summed E-state index contributed by atoms with van der Waals surface area (Å²) in [5, 5.41) is 0. The lowest BCUT2D eigenvalue weighted by Crippen LogP contribution is -2.23. The van der Waals surface area contributed by atoms with Crippen molar-refractivity contribution in [3.05, 3.63) is 60.4 Å². The van der Waals surface area contributed by atoms with Gasteiger partial charge in [-0.3, -0.25) is 10.2 Å². The highest BCUT2D eigenvalue weighted by Crippen LogP contribution is 2.13. The van der Waals surface area contributed by atoms with Crippen LogP contribution in [0.2, 0.25) is 0 Å². The number of carbonyl (C=O) groups is 1. The largest absolute Gasteiger partial charge is 0.270 e. The van der Waals surface area contributed by atoms with Crippen LogP contribution < -0.4 is 10.1 Å². The molecule has 3 rings (SSSR count). The van der Waals surface area contributed by atoms with Gasteiger partial charge in [0.1, 0.15) is 6.33 Å². The van der Waals surface area contributed by atoms with Gasteiger partial charge in [0, 0.05) is 5.56 Å². The molecular formula is C15H14N4O3S. The molecule has 1 heterocycles. The van der Waals surface area contributed by atoms with Crippen LogP contribution in [0.25, 0.3) is 11.0 Å². The Bertz CT molecular complexity index is 979. The number of para-hydroxylation sites is 2. The Morgan fingerprint density at radius 1 is 1.13 bits per heavy atom. The second-order valence-electron chi connectivity index (χ2n) is 4.78. The summed E-state index contributed by atoms with van der Waals surface area (Å²) in [4.78, 5) is 16.6. The van der Waals surface area contributed by atoms with Gasteiger partial charge < -0.3 is 0 Å². The predicted octanol–water partition coefficient (Wildman–Crippen LogP) is 1.33. The van der Waals surface area contributed by atoms with E-state index in [0.717, 1.165) is 11.0 Å². The summed E-state index contributed by atoms with van der Waals surface area (Å²) in [6.45, 7) is 0. The standard InChI is InChI=1S/C15H14N4O3S/c1-16-23(21,22)12-6-4-5-11(9-12)15(20)18-19-10-17-13-7-2-3-8-14(13)19/h2-10,16H,1H3,(H,18,20). The zero-order valence-corrected chi connectivity index (χ0v) is 13.0. The fourth-order valence-electron chi connectivity index (χ4n) is 2.14. The highest BCUT2D eigenvalue weighted by atomic mass is 32.2. The lowest BCUT2D eigenvalue weighted by atomic mass is 10.2. The molecule has 0 aliphatic heterocycles. The predicted molar refractivity (Wildman–Crippen MR) is 86.1 cm³/mol. The number of benzene rings is 2. The van der Waals surface area contributed by atoms with E-state index >= 15 is 0 Å². The third-order valence-corrected chi connectivity index (χ3v) is 4.76. The SMILES string of the molecule is CNS(=O)(=O)c1cccc(C(=O)Nn2cnc3ccccc32)c1. The van der Waals surface area contributed by atoms with E-state index in [2.05, 4.69) is 15.1 Å². The van der Waals surface area contributed by atoms with Crippen LogP contribution in [0.1, 0.15) is 10.4 Å². The van der Waals surface area contributed by atoms with Gasteiger partial charge in [-0.2, -0.15) is 0 Å². The smallest absolute Gasteiger partial charge is 0.267 e. The quantitative estimate of drug-likeness (QED) is 0.755. The van der Waals surface area contributed by atoms with Gasteiger partial charge in [-0.1, -0.05) is 18.2 Å². The van der Waals surface area contributed by atoms with Crippen molar-refractivity contribution < 1.29 is 13.2 Å². The number of fused-ring (bicyclic) bond motifs is 1. The van der Waals surface area contributed by atoms with Crippen molar-refractivity contribution in [2.75, 3.05) is 12.5 Å². The topological polar surface area (TPSA) is 93.1 Å². The molecule has 0 saturated carbocycles. The van der Waals surface area contributed by atoms with Crippen LogP contribution in [-0.4, -0.2) is 31.0 Å². The Kier molecular flexibility index (Phi) is 3.85. The lowest BCUT2D eigenvalue weighted by Gasteiger charge is -2.08. The monoisotopic (exact) mass is 330 g/mol. The van der Waals surface area contributed by atoms with Crippen molar-refractivity contribution in [3.8, 4) is 0 Å². The van der Waals surface area contributed by atoms with Crippen molar-refractivity contribution in [1.29, 1.82) is 0 Å². The maximum absolute atomic E-state index is 12.3. The number of nitrogens with zero attached hydrogens (tertiary/aromatic N) is 2. The number of imidazole rings is 1. The summed E-state index contributed by atoms with van der Waals surface area (Å²) >= 11 is 0. The highest BCUT2D eigenvalue weighted by molar-refractivity contribution is 7.89. The maximum Gasteiger partial charge on any atom is 0.270 e. The van der Waals surface area contributed by atoms with Gasteiger partial charge in [-0.05, 0) is 37.4 Å².